The molecule has 0 aliphatic heterocycles. The summed E-state index contributed by atoms with van der Waals surface area (Å²) in [5, 5.41) is 3.12. The van der Waals surface area contributed by atoms with Crippen molar-refractivity contribution in [2.75, 3.05) is 12.3 Å². The highest BCUT2D eigenvalue weighted by Crippen LogP contribution is 2.47. The largest absolute Gasteiger partial charge is 0.355 e. The molecule has 2 bridgehead atoms. The lowest BCUT2D eigenvalue weighted by atomic mass is 9.89. The van der Waals surface area contributed by atoms with Gasteiger partial charge in [-0.05, 0) is 54.7 Å². The van der Waals surface area contributed by atoms with Gasteiger partial charge in [0.1, 0.15) is 0 Å². The van der Waals surface area contributed by atoms with E-state index in [1.54, 1.807) is 24.2 Å². The van der Waals surface area contributed by atoms with Crippen LogP contribution in [0.1, 0.15) is 31.2 Å². The predicted molar refractivity (Wildman–Crippen MR) is 82.3 cm³/mol. The van der Waals surface area contributed by atoms with Gasteiger partial charge in [0, 0.05) is 24.7 Å². The number of carbonyl (C=O) groups is 1. The Morgan fingerprint density at radius 2 is 2.15 bits per heavy atom. The van der Waals surface area contributed by atoms with Crippen LogP contribution in [0.15, 0.2) is 24.5 Å². The van der Waals surface area contributed by atoms with E-state index in [1.165, 1.54) is 31.2 Å². The summed E-state index contributed by atoms with van der Waals surface area (Å²) < 4.78 is 0. The second-order valence-corrected chi connectivity index (χ2v) is 7.07. The number of nitrogens with one attached hydrogen (secondary N) is 1. The molecule has 0 unspecified atom stereocenters. The molecule has 2 saturated carbocycles. The topological polar surface area (TPSA) is 42.0 Å². The Kier molecular flexibility index (Phi) is 4.61. The van der Waals surface area contributed by atoms with Crippen molar-refractivity contribution in [2.24, 2.45) is 17.8 Å². The molecule has 1 aromatic rings. The third kappa shape index (κ3) is 3.54. The van der Waals surface area contributed by atoms with Crippen LogP contribution in [0.25, 0.3) is 0 Å². The van der Waals surface area contributed by atoms with Gasteiger partial charge in [-0.1, -0.05) is 6.42 Å². The quantitative estimate of drug-likeness (QED) is 0.876. The minimum atomic E-state index is 0.187. The highest BCUT2D eigenvalue weighted by Gasteiger charge is 2.39. The molecular formula is C16H22N2OS. The van der Waals surface area contributed by atoms with Crippen LogP contribution in [0.4, 0.5) is 0 Å². The number of aromatic nitrogens is 1. The van der Waals surface area contributed by atoms with Crippen molar-refractivity contribution in [3.05, 3.63) is 30.1 Å². The van der Waals surface area contributed by atoms with Crippen molar-refractivity contribution in [2.45, 2.75) is 31.4 Å². The van der Waals surface area contributed by atoms with Crippen LogP contribution in [-0.2, 0) is 10.5 Å². The number of hydrogen-bond acceptors (Lipinski definition) is 3. The van der Waals surface area contributed by atoms with Crippen molar-refractivity contribution < 1.29 is 4.79 Å². The van der Waals surface area contributed by atoms with Crippen molar-refractivity contribution in [1.82, 2.24) is 10.3 Å². The Morgan fingerprint density at radius 1 is 1.30 bits per heavy atom. The van der Waals surface area contributed by atoms with E-state index in [1.807, 2.05) is 12.1 Å². The van der Waals surface area contributed by atoms with Crippen LogP contribution < -0.4 is 5.32 Å². The summed E-state index contributed by atoms with van der Waals surface area (Å²) in [6.45, 7) is 0.899. The van der Waals surface area contributed by atoms with Gasteiger partial charge in [0.05, 0.1) is 5.75 Å². The second kappa shape index (κ2) is 6.61. The molecule has 0 radical (unpaired) electrons. The van der Waals surface area contributed by atoms with E-state index in [0.717, 1.165) is 30.1 Å². The van der Waals surface area contributed by atoms with Gasteiger partial charge in [-0.15, -0.1) is 11.8 Å². The molecule has 20 heavy (non-hydrogen) atoms. The van der Waals surface area contributed by atoms with E-state index in [2.05, 4.69) is 10.3 Å². The summed E-state index contributed by atoms with van der Waals surface area (Å²) in [6.07, 6.45) is 9.17. The molecule has 2 aliphatic rings. The minimum Gasteiger partial charge on any atom is -0.355 e. The second-order valence-electron chi connectivity index (χ2n) is 6.09. The smallest absolute Gasteiger partial charge is 0.230 e. The zero-order valence-electron chi connectivity index (χ0n) is 11.8. The number of rotatable bonds is 6. The van der Waals surface area contributed by atoms with E-state index in [4.69, 9.17) is 0 Å². The summed E-state index contributed by atoms with van der Waals surface area (Å²) in [6, 6.07) is 4.00. The van der Waals surface area contributed by atoms with Crippen molar-refractivity contribution in [3.63, 3.8) is 0 Å². The number of fused-ring (bicyclic) bond motifs is 2. The van der Waals surface area contributed by atoms with Crippen LogP contribution in [0.2, 0.25) is 0 Å². The maximum atomic E-state index is 11.9. The third-order valence-electron chi connectivity index (χ3n) is 4.70. The summed E-state index contributed by atoms with van der Waals surface area (Å²) >= 11 is 1.67. The van der Waals surface area contributed by atoms with E-state index in [9.17, 15) is 4.79 Å². The maximum absolute atomic E-state index is 11.9. The summed E-state index contributed by atoms with van der Waals surface area (Å²) in [5.74, 6) is 4.23. The minimum absolute atomic E-state index is 0.187. The zero-order valence-corrected chi connectivity index (χ0v) is 12.6. The SMILES string of the molecule is O=C(CSCc1ccncc1)NC[C@H]1C[C@H]2CC[C@H]1C2. The molecular weight excluding hydrogens is 268 g/mol. The molecule has 2 fully saturated rings. The Morgan fingerprint density at radius 3 is 2.85 bits per heavy atom. The molecule has 108 valence electrons. The molecule has 0 aromatic carbocycles. The van der Waals surface area contributed by atoms with Crippen molar-refractivity contribution >= 4 is 17.7 Å². The van der Waals surface area contributed by atoms with Crippen LogP contribution in [0, 0.1) is 17.8 Å². The van der Waals surface area contributed by atoms with Crippen LogP contribution in [0.5, 0.6) is 0 Å². The van der Waals surface area contributed by atoms with Crippen LogP contribution in [0.3, 0.4) is 0 Å². The monoisotopic (exact) mass is 290 g/mol. The van der Waals surface area contributed by atoms with Gasteiger partial charge < -0.3 is 5.32 Å². The fourth-order valence-electron chi connectivity index (χ4n) is 3.66. The fraction of sp³-hybridized carbons (Fsp3) is 0.625. The number of hydrogen-bond donors (Lipinski definition) is 1. The number of thioether (sulfide) groups is 1. The molecule has 1 heterocycles. The van der Waals surface area contributed by atoms with Gasteiger partial charge in [0.2, 0.25) is 5.91 Å². The summed E-state index contributed by atoms with van der Waals surface area (Å²) in [7, 11) is 0. The first kappa shape index (κ1) is 13.9. The first-order valence-corrected chi connectivity index (χ1v) is 8.70. The van der Waals surface area contributed by atoms with Gasteiger partial charge in [0.25, 0.3) is 0 Å². The van der Waals surface area contributed by atoms with Gasteiger partial charge >= 0.3 is 0 Å². The molecule has 1 amide bonds. The Bertz CT molecular complexity index is 451. The van der Waals surface area contributed by atoms with E-state index < -0.39 is 0 Å². The molecule has 3 atom stereocenters. The average Bonchev–Trinajstić information content (AvgIpc) is 3.09. The molecule has 1 N–H and O–H groups in total. The highest BCUT2D eigenvalue weighted by molar-refractivity contribution is 7.99. The molecule has 2 aliphatic carbocycles. The lowest BCUT2D eigenvalue weighted by molar-refractivity contribution is -0.118. The first-order valence-electron chi connectivity index (χ1n) is 7.54. The Labute approximate surface area is 124 Å². The van der Waals surface area contributed by atoms with E-state index in [0.29, 0.717) is 5.75 Å². The average molecular weight is 290 g/mol. The Balaban J connectivity index is 1.32. The van der Waals surface area contributed by atoms with Gasteiger partial charge in [-0.25, -0.2) is 0 Å². The van der Waals surface area contributed by atoms with E-state index >= 15 is 0 Å². The first-order chi connectivity index (χ1) is 9.81. The molecule has 1 aromatic heterocycles. The number of carbonyl (C=O) groups excluding carboxylic acids is 1. The predicted octanol–water partition coefficient (Wildman–Crippen LogP) is 2.87. The van der Waals surface area contributed by atoms with Crippen LogP contribution >= 0.6 is 11.8 Å². The van der Waals surface area contributed by atoms with Crippen molar-refractivity contribution in [3.8, 4) is 0 Å². The molecule has 4 heteroatoms. The summed E-state index contributed by atoms with van der Waals surface area (Å²) in [5.41, 5.74) is 1.23. The third-order valence-corrected chi connectivity index (χ3v) is 5.70. The molecule has 0 saturated heterocycles. The molecule has 0 spiro atoms. The Hall–Kier alpha value is -1.03. The number of pyridine rings is 1. The van der Waals surface area contributed by atoms with Crippen molar-refractivity contribution in [1.29, 1.82) is 0 Å². The van der Waals surface area contributed by atoms with Crippen LogP contribution in [-0.4, -0.2) is 23.2 Å². The highest BCUT2D eigenvalue weighted by atomic mass is 32.2. The normalized spacial score (nSPS) is 27.7. The maximum Gasteiger partial charge on any atom is 0.230 e. The van der Waals surface area contributed by atoms with Gasteiger partial charge in [-0.3, -0.25) is 9.78 Å². The lowest BCUT2D eigenvalue weighted by Crippen LogP contribution is -2.32. The fourth-order valence-corrected chi connectivity index (χ4v) is 4.48. The number of amides is 1. The summed E-state index contributed by atoms with van der Waals surface area (Å²) in [4.78, 5) is 15.8. The lowest BCUT2D eigenvalue weighted by Gasteiger charge is -2.21. The van der Waals surface area contributed by atoms with Gasteiger partial charge in [0.15, 0.2) is 0 Å². The number of nitrogens with zero attached hydrogens (tertiary/aromatic N) is 1. The van der Waals surface area contributed by atoms with Gasteiger partial charge in [-0.2, -0.15) is 0 Å². The zero-order chi connectivity index (χ0) is 13.8. The molecule has 3 nitrogen and oxygen atoms in total. The standard InChI is InChI=1S/C16H22N2OS/c19-16(11-20-10-12-3-5-17-6-4-12)18-9-15-8-13-1-2-14(15)7-13/h3-6,13-15H,1-2,7-11H2,(H,18,19)/t13-,14-,15+/m0/s1. The molecule has 3 rings (SSSR count). The van der Waals surface area contributed by atoms with E-state index in [-0.39, 0.29) is 5.91 Å².